The van der Waals surface area contributed by atoms with Crippen LogP contribution in [0, 0.1) is 0 Å². The van der Waals surface area contributed by atoms with E-state index in [2.05, 4.69) is 42.4 Å². The van der Waals surface area contributed by atoms with Gasteiger partial charge in [-0.05, 0) is 25.0 Å². The van der Waals surface area contributed by atoms with Crippen molar-refractivity contribution in [3.05, 3.63) is 42.4 Å². The number of hydrogen-bond acceptors (Lipinski definition) is 8. The summed E-state index contributed by atoms with van der Waals surface area (Å²) in [6.45, 7) is 5.14. The summed E-state index contributed by atoms with van der Waals surface area (Å²) in [5.41, 5.74) is 3.41. The summed E-state index contributed by atoms with van der Waals surface area (Å²) in [5.74, 6) is 0.436. The second-order valence-electron chi connectivity index (χ2n) is 9.36. The van der Waals surface area contributed by atoms with Gasteiger partial charge in [-0.2, -0.15) is 9.61 Å². The van der Waals surface area contributed by atoms with Crippen molar-refractivity contribution in [1.82, 2.24) is 34.4 Å². The number of ether oxygens (including phenoxy) is 1. The molecule has 36 heavy (non-hydrogen) atoms. The van der Waals surface area contributed by atoms with Crippen molar-refractivity contribution in [3.63, 3.8) is 0 Å². The molecule has 3 N–H and O–H groups in total. The van der Waals surface area contributed by atoms with Gasteiger partial charge in [-0.1, -0.05) is 0 Å². The maximum absolute atomic E-state index is 13.0. The second kappa shape index (κ2) is 9.49. The van der Waals surface area contributed by atoms with E-state index in [0.29, 0.717) is 17.6 Å². The first-order valence-corrected chi connectivity index (χ1v) is 12.4. The molecule has 0 spiro atoms. The predicted molar refractivity (Wildman–Crippen MR) is 135 cm³/mol. The van der Waals surface area contributed by atoms with Crippen molar-refractivity contribution >= 4 is 28.4 Å². The number of carbonyl (C=O) groups is 1. The minimum Gasteiger partial charge on any atom is -0.391 e. The summed E-state index contributed by atoms with van der Waals surface area (Å²) in [5, 5.41) is 21.4. The third-order valence-electron chi connectivity index (χ3n) is 7.20. The van der Waals surface area contributed by atoms with Crippen LogP contribution in [-0.2, 0) is 11.3 Å². The van der Waals surface area contributed by atoms with Crippen molar-refractivity contribution in [2.75, 3.05) is 45.2 Å². The Bertz CT molecular complexity index is 1410. The summed E-state index contributed by atoms with van der Waals surface area (Å²) in [6.07, 6.45) is 6.40. The van der Waals surface area contributed by atoms with E-state index in [1.54, 1.807) is 10.7 Å². The molecule has 0 aromatic carbocycles. The van der Waals surface area contributed by atoms with Crippen LogP contribution in [0.15, 0.2) is 36.8 Å². The Morgan fingerprint density at radius 2 is 2.08 bits per heavy atom. The van der Waals surface area contributed by atoms with Crippen LogP contribution in [0.3, 0.4) is 0 Å². The van der Waals surface area contributed by atoms with E-state index >= 15 is 0 Å². The zero-order chi connectivity index (χ0) is 24.6. The number of amides is 1. The highest BCUT2D eigenvalue weighted by Crippen LogP contribution is 2.31. The molecular weight excluding hydrogens is 460 g/mol. The fourth-order valence-corrected chi connectivity index (χ4v) is 4.91. The number of aliphatic hydroxyl groups is 1. The highest BCUT2D eigenvalue weighted by molar-refractivity contribution is 6.01. The molecule has 11 nitrogen and oxygen atoms in total. The Labute approximate surface area is 208 Å². The SMILES string of the molecule is CNc1cc(-c2cn(CCN3CCOCC3)c3ncccc23)nc2c(C(=O)N[C@@H]3CC[C@@H]3O)cnn12. The normalized spacial score (nSPS) is 20.5. The Morgan fingerprint density at radius 1 is 1.22 bits per heavy atom. The number of nitrogens with zero attached hydrogens (tertiary/aromatic N) is 6. The summed E-state index contributed by atoms with van der Waals surface area (Å²) in [4.78, 5) is 25.0. The van der Waals surface area contributed by atoms with Gasteiger partial charge in [-0.25, -0.2) is 9.97 Å². The molecular formula is C25H30N8O3. The van der Waals surface area contributed by atoms with Crippen LogP contribution in [-0.4, -0.2) is 92.1 Å². The first-order chi connectivity index (χ1) is 17.6. The van der Waals surface area contributed by atoms with Gasteiger partial charge < -0.3 is 25.0 Å². The number of nitrogens with one attached hydrogen (secondary N) is 2. The predicted octanol–water partition coefficient (Wildman–Crippen LogP) is 1.37. The third-order valence-corrected chi connectivity index (χ3v) is 7.20. The monoisotopic (exact) mass is 490 g/mol. The van der Waals surface area contributed by atoms with Gasteiger partial charge in [0.25, 0.3) is 5.91 Å². The van der Waals surface area contributed by atoms with Gasteiger partial charge >= 0.3 is 0 Å². The van der Waals surface area contributed by atoms with Crippen molar-refractivity contribution in [2.45, 2.75) is 31.5 Å². The fourth-order valence-electron chi connectivity index (χ4n) is 4.91. The van der Waals surface area contributed by atoms with E-state index in [-0.39, 0.29) is 11.9 Å². The van der Waals surface area contributed by atoms with Crippen LogP contribution in [0.25, 0.3) is 27.9 Å². The summed E-state index contributed by atoms with van der Waals surface area (Å²) in [6, 6.07) is 5.69. The van der Waals surface area contributed by atoms with E-state index in [1.807, 2.05) is 19.2 Å². The van der Waals surface area contributed by atoms with Gasteiger partial charge in [0, 0.05) is 62.6 Å². The number of fused-ring (bicyclic) bond motifs is 2. The maximum atomic E-state index is 13.0. The van der Waals surface area contributed by atoms with Crippen molar-refractivity contribution in [1.29, 1.82) is 0 Å². The van der Waals surface area contributed by atoms with Gasteiger partial charge in [0.15, 0.2) is 5.65 Å². The molecule has 4 aromatic rings. The molecule has 1 aliphatic heterocycles. The number of hydrogen-bond donors (Lipinski definition) is 3. The van der Waals surface area contributed by atoms with Gasteiger partial charge in [-0.3, -0.25) is 9.69 Å². The lowest BCUT2D eigenvalue weighted by Gasteiger charge is -2.32. The first-order valence-electron chi connectivity index (χ1n) is 12.4. The maximum Gasteiger partial charge on any atom is 0.257 e. The Balaban J connectivity index is 1.37. The van der Waals surface area contributed by atoms with E-state index in [4.69, 9.17) is 9.72 Å². The number of aliphatic hydroxyl groups excluding tert-OH is 1. The van der Waals surface area contributed by atoms with Crippen LogP contribution < -0.4 is 10.6 Å². The lowest BCUT2D eigenvalue weighted by Crippen LogP contribution is -2.50. The molecule has 188 valence electrons. The number of pyridine rings is 1. The quantitative estimate of drug-likeness (QED) is 0.355. The van der Waals surface area contributed by atoms with Gasteiger partial charge in [0.2, 0.25) is 0 Å². The molecule has 5 heterocycles. The molecule has 1 saturated carbocycles. The molecule has 1 amide bonds. The number of carbonyl (C=O) groups excluding carboxylic acids is 1. The van der Waals surface area contributed by atoms with Crippen LogP contribution in [0.2, 0.25) is 0 Å². The topological polar surface area (TPSA) is 122 Å². The zero-order valence-corrected chi connectivity index (χ0v) is 20.2. The minimum absolute atomic E-state index is 0.227. The molecule has 6 rings (SSSR count). The third kappa shape index (κ3) is 4.08. The standard InChI is InChI=1S/C25H30N8O3/c1-26-22-13-20(29-24-17(14-28-33(22)24)25(35)30-19-4-5-21(19)34)18-15-32(23-16(18)3-2-6-27-23)8-7-31-9-11-36-12-10-31/h2-3,6,13-15,19,21,26,34H,4-5,7-12H2,1H3,(H,30,35)/t19-,21+/m1/s1. The molecule has 2 aliphatic rings. The molecule has 1 aliphatic carbocycles. The van der Waals surface area contributed by atoms with Crippen molar-refractivity contribution in [3.8, 4) is 11.3 Å². The smallest absolute Gasteiger partial charge is 0.257 e. The molecule has 11 heteroatoms. The van der Waals surface area contributed by atoms with Gasteiger partial charge in [0.05, 0.1) is 37.3 Å². The van der Waals surface area contributed by atoms with E-state index < -0.39 is 6.10 Å². The van der Waals surface area contributed by atoms with E-state index in [1.165, 1.54) is 6.20 Å². The average molecular weight is 491 g/mol. The Hall–Kier alpha value is -3.54. The Morgan fingerprint density at radius 3 is 2.83 bits per heavy atom. The lowest BCUT2D eigenvalue weighted by atomic mass is 9.89. The second-order valence-corrected chi connectivity index (χ2v) is 9.36. The summed E-state index contributed by atoms with van der Waals surface area (Å²) >= 11 is 0. The number of anilines is 1. The fraction of sp³-hybridized carbons (Fsp3) is 0.440. The minimum atomic E-state index is -0.497. The lowest BCUT2D eigenvalue weighted by molar-refractivity contribution is 0.0365. The molecule has 0 bridgehead atoms. The first kappa shape index (κ1) is 22.9. The largest absolute Gasteiger partial charge is 0.391 e. The van der Waals surface area contributed by atoms with Gasteiger partial charge in [-0.15, -0.1) is 0 Å². The van der Waals surface area contributed by atoms with Crippen molar-refractivity contribution in [2.24, 2.45) is 0 Å². The molecule has 4 aromatic heterocycles. The molecule has 0 unspecified atom stereocenters. The van der Waals surface area contributed by atoms with Gasteiger partial charge in [0.1, 0.15) is 17.0 Å². The summed E-state index contributed by atoms with van der Waals surface area (Å²) < 4.78 is 9.28. The highest BCUT2D eigenvalue weighted by Gasteiger charge is 2.31. The highest BCUT2D eigenvalue weighted by atomic mass is 16.5. The number of rotatable bonds is 7. The molecule has 0 radical (unpaired) electrons. The average Bonchev–Trinajstić information content (AvgIpc) is 3.51. The number of aromatic nitrogens is 5. The number of morpholine rings is 1. The van der Waals surface area contributed by atoms with Crippen LogP contribution in [0.1, 0.15) is 23.2 Å². The van der Waals surface area contributed by atoms with E-state index in [0.717, 1.165) is 73.9 Å². The van der Waals surface area contributed by atoms with Crippen LogP contribution in [0.4, 0.5) is 5.82 Å². The molecule has 2 atom stereocenters. The van der Waals surface area contributed by atoms with Crippen LogP contribution in [0.5, 0.6) is 0 Å². The molecule has 2 fully saturated rings. The van der Waals surface area contributed by atoms with E-state index in [9.17, 15) is 9.90 Å². The zero-order valence-electron chi connectivity index (χ0n) is 20.2. The molecule has 1 saturated heterocycles. The summed E-state index contributed by atoms with van der Waals surface area (Å²) in [7, 11) is 1.82. The van der Waals surface area contributed by atoms with Crippen molar-refractivity contribution < 1.29 is 14.6 Å². The van der Waals surface area contributed by atoms with Crippen LogP contribution >= 0.6 is 0 Å². The Kier molecular flexibility index (Phi) is 6.04.